The fourth-order valence-corrected chi connectivity index (χ4v) is 2.02. The van der Waals surface area contributed by atoms with Gasteiger partial charge in [0.2, 0.25) is 0 Å². The Hall–Kier alpha value is -2.36. The number of hydrogen-bond donors (Lipinski definition) is 1. The molecule has 0 aliphatic heterocycles. The smallest absolute Gasteiger partial charge is 0.407 e. The van der Waals surface area contributed by atoms with Crippen molar-refractivity contribution in [2.24, 2.45) is 0 Å². The van der Waals surface area contributed by atoms with E-state index >= 15 is 0 Å². The summed E-state index contributed by atoms with van der Waals surface area (Å²) >= 11 is 0. The molecular weight excluding hydrogens is 276 g/mol. The maximum Gasteiger partial charge on any atom is 0.407 e. The van der Waals surface area contributed by atoms with Gasteiger partial charge in [-0.1, -0.05) is 30.3 Å². The number of amides is 1. The van der Waals surface area contributed by atoms with E-state index < -0.39 is 5.60 Å². The van der Waals surface area contributed by atoms with Gasteiger partial charge in [-0.05, 0) is 49.9 Å². The van der Waals surface area contributed by atoms with Crippen LogP contribution >= 0.6 is 0 Å². The summed E-state index contributed by atoms with van der Waals surface area (Å²) < 4.78 is 5.20. The third-order valence-electron chi connectivity index (χ3n) is 3.03. The molecule has 1 aromatic heterocycles. The van der Waals surface area contributed by atoms with Gasteiger partial charge in [0.05, 0.1) is 0 Å². The van der Waals surface area contributed by atoms with Crippen LogP contribution in [0.1, 0.15) is 26.3 Å². The third kappa shape index (κ3) is 5.20. The first kappa shape index (κ1) is 16.0. The van der Waals surface area contributed by atoms with Crippen molar-refractivity contribution in [3.63, 3.8) is 0 Å². The number of benzene rings is 1. The van der Waals surface area contributed by atoms with Crippen LogP contribution in [0.4, 0.5) is 4.79 Å². The van der Waals surface area contributed by atoms with Crippen LogP contribution < -0.4 is 5.32 Å². The lowest BCUT2D eigenvalue weighted by molar-refractivity contribution is 0.0528. The first-order valence-electron chi connectivity index (χ1n) is 7.40. The first-order chi connectivity index (χ1) is 10.4. The summed E-state index contributed by atoms with van der Waals surface area (Å²) in [5, 5.41) is 2.76. The lowest BCUT2D eigenvalue weighted by Gasteiger charge is -2.19. The summed E-state index contributed by atoms with van der Waals surface area (Å²) in [6.45, 7) is 6.11. The number of nitrogens with one attached hydrogen (secondary N) is 1. The van der Waals surface area contributed by atoms with E-state index in [1.165, 1.54) is 5.56 Å². The summed E-state index contributed by atoms with van der Waals surface area (Å²) in [4.78, 5) is 15.7. The van der Waals surface area contributed by atoms with E-state index in [0.29, 0.717) is 6.54 Å². The van der Waals surface area contributed by atoms with Gasteiger partial charge >= 0.3 is 6.09 Å². The van der Waals surface area contributed by atoms with Crippen LogP contribution in [0.25, 0.3) is 11.1 Å². The van der Waals surface area contributed by atoms with Gasteiger partial charge in [0.15, 0.2) is 0 Å². The fourth-order valence-electron chi connectivity index (χ4n) is 2.02. The number of pyridine rings is 1. The molecule has 0 spiro atoms. The molecule has 1 amide bonds. The summed E-state index contributed by atoms with van der Waals surface area (Å²) in [7, 11) is 0. The summed E-state index contributed by atoms with van der Waals surface area (Å²) in [5.74, 6) is 0. The van der Waals surface area contributed by atoms with Crippen molar-refractivity contribution in [2.45, 2.75) is 32.8 Å². The van der Waals surface area contributed by atoms with Gasteiger partial charge < -0.3 is 10.1 Å². The molecule has 0 unspecified atom stereocenters. The van der Waals surface area contributed by atoms with E-state index in [-0.39, 0.29) is 6.09 Å². The average Bonchev–Trinajstić information content (AvgIpc) is 2.47. The van der Waals surface area contributed by atoms with E-state index in [0.717, 1.165) is 17.5 Å². The quantitative estimate of drug-likeness (QED) is 0.933. The number of rotatable bonds is 4. The highest BCUT2D eigenvalue weighted by Gasteiger charge is 2.15. The maximum absolute atomic E-state index is 11.5. The lowest BCUT2D eigenvalue weighted by atomic mass is 10.0. The van der Waals surface area contributed by atoms with Crippen molar-refractivity contribution in [1.29, 1.82) is 0 Å². The summed E-state index contributed by atoms with van der Waals surface area (Å²) in [6.07, 6.45) is 4.01. The van der Waals surface area contributed by atoms with Crippen molar-refractivity contribution < 1.29 is 9.53 Å². The standard InChI is InChI=1S/C18H22N2O2/c1-18(2,3)22-17(21)20-12-10-14-6-8-15(9-7-14)16-5-4-11-19-13-16/h4-9,11,13H,10,12H2,1-3H3,(H,20,21). The minimum absolute atomic E-state index is 0.375. The Morgan fingerprint density at radius 1 is 1.14 bits per heavy atom. The molecule has 2 aromatic rings. The molecule has 1 N–H and O–H groups in total. The highest BCUT2D eigenvalue weighted by atomic mass is 16.6. The summed E-state index contributed by atoms with van der Waals surface area (Å²) in [6, 6.07) is 12.2. The monoisotopic (exact) mass is 298 g/mol. The molecule has 0 aliphatic carbocycles. The van der Waals surface area contributed by atoms with Gasteiger partial charge in [0, 0.05) is 18.9 Å². The van der Waals surface area contributed by atoms with Crippen LogP contribution in [-0.4, -0.2) is 23.2 Å². The maximum atomic E-state index is 11.5. The van der Waals surface area contributed by atoms with Gasteiger partial charge in [0.1, 0.15) is 5.60 Å². The SMILES string of the molecule is CC(C)(C)OC(=O)NCCc1ccc(-c2cccnc2)cc1. The average molecular weight is 298 g/mol. The van der Waals surface area contributed by atoms with Crippen LogP contribution in [0.3, 0.4) is 0 Å². The first-order valence-corrected chi connectivity index (χ1v) is 7.40. The predicted molar refractivity (Wildman–Crippen MR) is 87.6 cm³/mol. The molecule has 116 valence electrons. The lowest BCUT2D eigenvalue weighted by Crippen LogP contribution is -2.33. The van der Waals surface area contributed by atoms with Crippen molar-refractivity contribution >= 4 is 6.09 Å². The number of ether oxygens (including phenoxy) is 1. The minimum atomic E-state index is -0.463. The molecule has 0 saturated carbocycles. The van der Waals surface area contributed by atoms with Crippen LogP contribution in [-0.2, 0) is 11.2 Å². The molecule has 0 aliphatic rings. The molecule has 22 heavy (non-hydrogen) atoms. The minimum Gasteiger partial charge on any atom is -0.444 e. The Kier molecular flexibility index (Phi) is 5.15. The normalized spacial score (nSPS) is 11.0. The van der Waals surface area contributed by atoms with Gasteiger partial charge in [0.25, 0.3) is 0 Å². The van der Waals surface area contributed by atoms with Crippen molar-refractivity contribution in [1.82, 2.24) is 10.3 Å². The molecule has 0 bridgehead atoms. The fraction of sp³-hybridized carbons (Fsp3) is 0.333. The Morgan fingerprint density at radius 2 is 1.86 bits per heavy atom. The number of hydrogen-bond acceptors (Lipinski definition) is 3. The molecule has 4 nitrogen and oxygen atoms in total. The van der Waals surface area contributed by atoms with Crippen LogP contribution in [0.2, 0.25) is 0 Å². The van der Waals surface area contributed by atoms with Crippen molar-refractivity contribution in [2.75, 3.05) is 6.54 Å². The van der Waals surface area contributed by atoms with E-state index in [4.69, 9.17) is 4.74 Å². The molecule has 2 rings (SSSR count). The second kappa shape index (κ2) is 7.07. The number of carbonyl (C=O) groups is 1. The van der Waals surface area contributed by atoms with Gasteiger partial charge in [-0.3, -0.25) is 4.98 Å². The second-order valence-electron chi connectivity index (χ2n) is 6.12. The Morgan fingerprint density at radius 3 is 2.45 bits per heavy atom. The van der Waals surface area contributed by atoms with Crippen molar-refractivity contribution in [3.8, 4) is 11.1 Å². The van der Waals surface area contributed by atoms with Crippen LogP contribution in [0, 0.1) is 0 Å². The number of alkyl carbamates (subject to hydrolysis) is 1. The van der Waals surface area contributed by atoms with E-state index in [1.54, 1.807) is 6.20 Å². The Labute approximate surface area is 131 Å². The van der Waals surface area contributed by atoms with Gasteiger partial charge in [-0.2, -0.15) is 0 Å². The second-order valence-corrected chi connectivity index (χ2v) is 6.12. The zero-order valence-corrected chi connectivity index (χ0v) is 13.3. The van der Waals surface area contributed by atoms with Gasteiger partial charge in [-0.15, -0.1) is 0 Å². The highest BCUT2D eigenvalue weighted by Crippen LogP contribution is 2.18. The molecule has 0 atom stereocenters. The van der Waals surface area contributed by atoms with E-state index in [9.17, 15) is 4.79 Å². The largest absolute Gasteiger partial charge is 0.444 e. The number of aromatic nitrogens is 1. The van der Waals surface area contributed by atoms with Crippen LogP contribution in [0.15, 0.2) is 48.8 Å². The highest BCUT2D eigenvalue weighted by molar-refractivity contribution is 5.67. The molecule has 4 heteroatoms. The topological polar surface area (TPSA) is 51.2 Å². The van der Waals surface area contributed by atoms with Gasteiger partial charge in [-0.25, -0.2) is 4.79 Å². The summed E-state index contributed by atoms with van der Waals surface area (Å²) in [5.41, 5.74) is 2.94. The van der Waals surface area contributed by atoms with Crippen molar-refractivity contribution in [3.05, 3.63) is 54.4 Å². The van der Waals surface area contributed by atoms with Crippen LogP contribution in [0.5, 0.6) is 0 Å². The molecule has 1 heterocycles. The zero-order valence-electron chi connectivity index (χ0n) is 13.3. The molecule has 0 saturated heterocycles. The molecular formula is C18H22N2O2. The predicted octanol–water partition coefficient (Wildman–Crippen LogP) is 3.82. The Balaban J connectivity index is 1.84. The number of carbonyl (C=O) groups excluding carboxylic acids is 1. The Bertz CT molecular complexity index is 601. The van der Waals surface area contributed by atoms with E-state index in [2.05, 4.69) is 34.6 Å². The molecule has 0 radical (unpaired) electrons. The third-order valence-corrected chi connectivity index (χ3v) is 3.03. The van der Waals surface area contributed by atoms with E-state index in [1.807, 2.05) is 39.1 Å². The molecule has 0 fully saturated rings. The number of nitrogens with zero attached hydrogens (tertiary/aromatic N) is 1. The molecule has 1 aromatic carbocycles. The zero-order chi connectivity index (χ0) is 16.0.